The molecular weight excluding hydrogens is 628 g/mol. The van der Waals surface area contributed by atoms with Crippen LogP contribution in [0, 0.1) is 18.3 Å². The normalized spacial score (nSPS) is 11.0. The fraction of sp³-hybridized carbons (Fsp3) is 0.154. The van der Waals surface area contributed by atoms with E-state index >= 15 is 0 Å². The first-order valence-electron chi connectivity index (χ1n) is 10.3. The number of hydrogen-bond acceptors (Lipinski definition) is 4. The third kappa shape index (κ3) is 6.72. The number of nitrogens with one attached hydrogen (secondary N) is 1. The lowest BCUT2D eigenvalue weighted by Gasteiger charge is -2.15. The fourth-order valence-electron chi connectivity index (χ4n) is 3.12. The highest BCUT2D eigenvalue weighted by Crippen LogP contribution is 2.38. The molecule has 0 unspecified atom stereocenters. The van der Waals surface area contributed by atoms with E-state index in [2.05, 4.69) is 53.1 Å². The Balaban J connectivity index is 1.88. The van der Waals surface area contributed by atoms with Crippen molar-refractivity contribution in [3.05, 3.63) is 90.3 Å². The van der Waals surface area contributed by atoms with Gasteiger partial charge in [0.05, 0.1) is 16.8 Å². The Labute approximate surface area is 224 Å². The van der Waals surface area contributed by atoms with Crippen LogP contribution in [-0.4, -0.2) is 12.5 Å². The van der Waals surface area contributed by atoms with Gasteiger partial charge in [0.1, 0.15) is 18.2 Å². The van der Waals surface area contributed by atoms with Crippen LogP contribution in [0.3, 0.4) is 0 Å². The van der Waals surface area contributed by atoms with Crippen molar-refractivity contribution in [2.75, 3.05) is 11.9 Å². The highest BCUT2D eigenvalue weighted by Gasteiger charge is 2.16. The molecule has 0 bridgehead atoms. The van der Waals surface area contributed by atoms with Crippen LogP contribution in [0.1, 0.15) is 23.6 Å². The first-order valence-corrected chi connectivity index (χ1v) is 12.7. The van der Waals surface area contributed by atoms with E-state index in [1.807, 2.05) is 62.4 Å². The van der Waals surface area contributed by atoms with Crippen molar-refractivity contribution in [3.8, 4) is 17.6 Å². The first kappa shape index (κ1) is 26.0. The molecule has 3 aromatic carbocycles. The number of nitriles is 1. The average Bonchev–Trinajstić information content (AvgIpc) is 2.80. The minimum Gasteiger partial charge on any atom is -0.490 e. The van der Waals surface area contributed by atoms with Crippen LogP contribution in [-0.2, 0) is 11.4 Å². The summed E-state index contributed by atoms with van der Waals surface area (Å²) >= 11 is 10.5. The highest BCUT2D eigenvalue weighted by molar-refractivity contribution is 9.11. The average molecular weight is 649 g/mol. The number of ether oxygens (including phenoxy) is 2. The molecule has 1 N–H and O–H groups in total. The van der Waals surface area contributed by atoms with Gasteiger partial charge >= 0.3 is 0 Å². The van der Waals surface area contributed by atoms with Crippen LogP contribution in [0.2, 0.25) is 0 Å². The maximum atomic E-state index is 12.8. The molecule has 0 aliphatic rings. The number of amides is 1. The van der Waals surface area contributed by atoms with Crippen molar-refractivity contribution in [1.82, 2.24) is 0 Å². The maximum Gasteiger partial charge on any atom is 0.266 e. The molecule has 0 aromatic heterocycles. The standard InChI is InChI=1S/C26H21Br3N2O3/c1-3-33-23-13-18(12-22(29)25(23)34-15-17-7-5-4-6-8-17)11-19(14-30)26(32)31-24-20(27)9-16(2)10-21(24)28/h4-13H,3,15H2,1-2H3,(H,31,32)/b19-11+. The van der Waals surface area contributed by atoms with Gasteiger partial charge in [0.2, 0.25) is 0 Å². The Morgan fingerprint density at radius 1 is 1.03 bits per heavy atom. The van der Waals surface area contributed by atoms with Gasteiger partial charge in [0.15, 0.2) is 11.5 Å². The molecule has 0 fully saturated rings. The number of anilines is 1. The summed E-state index contributed by atoms with van der Waals surface area (Å²) in [7, 11) is 0. The topological polar surface area (TPSA) is 71.3 Å². The van der Waals surface area contributed by atoms with E-state index in [9.17, 15) is 10.1 Å². The van der Waals surface area contributed by atoms with Gasteiger partial charge in [-0.1, -0.05) is 30.3 Å². The third-order valence-electron chi connectivity index (χ3n) is 4.66. The fourth-order valence-corrected chi connectivity index (χ4v) is 5.31. The predicted octanol–water partition coefficient (Wildman–Crippen LogP) is 7.81. The van der Waals surface area contributed by atoms with E-state index in [1.165, 1.54) is 6.08 Å². The summed E-state index contributed by atoms with van der Waals surface area (Å²) in [6.07, 6.45) is 1.51. The Morgan fingerprint density at radius 2 is 1.71 bits per heavy atom. The second kappa shape index (κ2) is 12.2. The number of benzene rings is 3. The van der Waals surface area contributed by atoms with Crippen molar-refractivity contribution in [2.45, 2.75) is 20.5 Å². The van der Waals surface area contributed by atoms with E-state index in [0.717, 1.165) is 11.1 Å². The predicted molar refractivity (Wildman–Crippen MR) is 145 cm³/mol. The summed E-state index contributed by atoms with van der Waals surface area (Å²) in [5, 5.41) is 12.4. The Kier molecular flexibility index (Phi) is 9.34. The number of carbonyl (C=O) groups is 1. The number of hydrogen-bond donors (Lipinski definition) is 1. The van der Waals surface area contributed by atoms with Crippen LogP contribution in [0.5, 0.6) is 11.5 Å². The molecule has 1 amide bonds. The van der Waals surface area contributed by atoms with Gasteiger partial charge in [-0.2, -0.15) is 5.26 Å². The lowest BCUT2D eigenvalue weighted by molar-refractivity contribution is -0.112. The van der Waals surface area contributed by atoms with Gasteiger partial charge < -0.3 is 14.8 Å². The molecule has 8 heteroatoms. The zero-order valence-electron chi connectivity index (χ0n) is 18.5. The van der Waals surface area contributed by atoms with Crippen LogP contribution < -0.4 is 14.8 Å². The van der Waals surface area contributed by atoms with E-state index in [1.54, 1.807) is 12.1 Å². The van der Waals surface area contributed by atoms with Gasteiger partial charge in [-0.3, -0.25) is 4.79 Å². The zero-order valence-corrected chi connectivity index (χ0v) is 23.3. The van der Waals surface area contributed by atoms with Gasteiger partial charge in [0, 0.05) is 8.95 Å². The summed E-state index contributed by atoms with van der Waals surface area (Å²) < 4.78 is 13.9. The maximum absolute atomic E-state index is 12.8. The molecule has 0 heterocycles. The Morgan fingerprint density at radius 3 is 2.32 bits per heavy atom. The number of aryl methyl sites for hydroxylation is 1. The van der Waals surface area contributed by atoms with E-state index < -0.39 is 5.91 Å². The summed E-state index contributed by atoms with van der Waals surface area (Å²) in [5.74, 6) is 0.547. The van der Waals surface area contributed by atoms with Crippen molar-refractivity contribution in [1.29, 1.82) is 5.26 Å². The second-order valence-electron chi connectivity index (χ2n) is 7.26. The van der Waals surface area contributed by atoms with Crippen molar-refractivity contribution < 1.29 is 14.3 Å². The molecule has 5 nitrogen and oxygen atoms in total. The van der Waals surface area contributed by atoms with E-state index in [4.69, 9.17) is 9.47 Å². The van der Waals surface area contributed by atoms with E-state index in [0.29, 0.717) is 49.4 Å². The van der Waals surface area contributed by atoms with Crippen LogP contribution >= 0.6 is 47.8 Å². The molecule has 0 aliphatic heterocycles. The number of carbonyl (C=O) groups excluding carboxylic acids is 1. The monoisotopic (exact) mass is 646 g/mol. The highest BCUT2D eigenvalue weighted by atomic mass is 79.9. The Hall–Kier alpha value is -2.60. The molecule has 0 radical (unpaired) electrons. The molecule has 34 heavy (non-hydrogen) atoms. The van der Waals surface area contributed by atoms with Crippen molar-refractivity contribution >= 4 is 65.5 Å². The first-order chi connectivity index (χ1) is 16.3. The SMILES string of the molecule is CCOc1cc(/C=C(\C#N)C(=O)Nc2c(Br)cc(C)cc2Br)cc(Br)c1OCc1ccccc1. The van der Waals surface area contributed by atoms with E-state index in [-0.39, 0.29) is 5.57 Å². The molecule has 3 aromatic rings. The van der Waals surface area contributed by atoms with Gasteiger partial charge in [-0.05, 0) is 109 Å². The largest absolute Gasteiger partial charge is 0.490 e. The lowest BCUT2D eigenvalue weighted by Crippen LogP contribution is -2.14. The zero-order chi connectivity index (χ0) is 24.7. The van der Waals surface area contributed by atoms with Gasteiger partial charge in [-0.25, -0.2) is 0 Å². The molecule has 0 saturated carbocycles. The minimum absolute atomic E-state index is 0.0494. The molecule has 0 atom stereocenters. The quantitative estimate of drug-likeness (QED) is 0.200. The van der Waals surface area contributed by atoms with Gasteiger partial charge in [0.25, 0.3) is 5.91 Å². The summed E-state index contributed by atoms with van der Waals surface area (Å²) in [4.78, 5) is 12.8. The second-order valence-corrected chi connectivity index (χ2v) is 9.83. The van der Waals surface area contributed by atoms with Crippen molar-refractivity contribution in [3.63, 3.8) is 0 Å². The van der Waals surface area contributed by atoms with Crippen molar-refractivity contribution in [2.24, 2.45) is 0 Å². The molecule has 3 rings (SSSR count). The molecule has 174 valence electrons. The summed E-state index contributed by atoms with van der Waals surface area (Å²) in [6, 6.07) is 19.1. The van der Waals surface area contributed by atoms with Crippen LogP contribution in [0.25, 0.3) is 6.08 Å². The third-order valence-corrected chi connectivity index (χ3v) is 6.50. The molecular formula is C26H21Br3N2O3. The van der Waals surface area contributed by atoms with Crippen LogP contribution in [0.15, 0.2) is 73.6 Å². The summed E-state index contributed by atoms with van der Waals surface area (Å²) in [5.41, 5.74) is 3.17. The molecule has 0 spiro atoms. The van der Waals surface area contributed by atoms with Gasteiger partial charge in [-0.15, -0.1) is 0 Å². The lowest BCUT2D eigenvalue weighted by atomic mass is 10.1. The minimum atomic E-state index is -0.522. The smallest absolute Gasteiger partial charge is 0.266 e. The molecule has 0 saturated heterocycles. The summed E-state index contributed by atoms with van der Waals surface area (Å²) in [6.45, 7) is 4.63. The van der Waals surface area contributed by atoms with Crippen LogP contribution in [0.4, 0.5) is 5.69 Å². The number of halogens is 3. The number of nitrogens with zero attached hydrogens (tertiary/aromatic N) is 1. The molecule has 0 aliphatic carbocycles. The number of rotatable bonds is 8. The Bertz CT molecular complexity index is 1250.